The predicted molar refractivity (Wildman–Crippen MR) is 55.3 cm³/mol. The summed E-state index contributed by atoms with van der Waals surface area (Å²) in [5, 5.41) is 2.72. The average Bonchev–Trinajstić information content (AvgIpc) is 2.64. The number of amides is 2. The lowest BCUT2D eigenvalue weighted by Gasteiger charge is -2.11. The Labute approximate surface area is 87.6 Å². The number of nitrogens with one attached hydrogen (secondary N) is 1. The van der Waals surface area contributed by atoms with Gasteiger partial charge in [-0.15, -0.1) is 0 Å². The summed E-state index contributed by atoms with van der Waals surface area (Å²) in [6.07, 6.45) is 0. The summed E-state index contributed by atoms with van der Waals surface area (Å²) in [5.74, 6) is 1.37. The fourth-order valence-electron chi connectivity index (χ4n) is 1.21. The number of ether oxygens (including phenoxy) is 2. The molecular weight excluding hydrogens is 196 g/mol. The van der Waals surface area contributed by atoms with E-state index in [2.05, 4.69) is 5.32 Å². The van der Waals surface area contributed by atoms with Gasteiger partial charge in [-0.25, -0.2) is 4.79 Å². The van der Waals surface area contributed by atoms with Crippen molar-refractivity contribution >= 4 is 11.7 Å². The van der Waals surface area contributed by atoms with Crippen LogP contribution in [0.5, 0.6) is 11.5 Å². The number of carbonyl (C=O) groups excluding carboxylic acids is 1. The van der Waals surface area contributed by atoms with Crippen LogP contribution in [0.25, 0.3) is 0 Å². The van der Waals surface area contributed by atoms with Crippen molar-refractivity contribution < 1.29 is 14.3 Å². The first-order valence-corrected chi connectivity index (χ1v) is 4.55. The highest BCUT2D eigenvalue weighted by Crippen LogP contribution is 2.34. The zero-order valence-corrected chi connectivity index (χ0v) is 8.61. The van der Waals surface area contributed by atoms with Gasteiger partial charge in [-0.1, -0.05) is 0 Å². The van der Waals surface area contributed by atoms with Crippen LogP contribution in [0.4, 0.5) is 10.5 Å². The Morgan fingerprint density at radius 1 is 1.33 bits per heavy atom. The third-order valence-corrected chi connectivity index (χ3v) is 2.03. The van der Waals surface area contributed by atoms with E-state index in [4.69, 9.17) is 9.47 Å². The van der Waals surface area contributed by atoms with Crippen LogP contribution < -0.4 is 14.8 Å². The van der Waals surface area contributed by atoms with Crippen LogP contribution in [0, 0.1) is 0 Å². The fourth-order valence-corrected chi connectivity index (χ4v) is 1.21. The molecule has 0 aromatic heterocycles. The van der Waals surface area contributed by atoms with E-state index in [0.717, 1.165) is 0 Å². The highest BCUT2D eigenvalue weighted by molar-refractivity contribution is 5.89. The minimum Gasteiger partial charge on any atom is -0.454 e. The number of rotatable bonds is 1. The molecule has 5 heteroatoms. The second kappa shape index (κ2) is 3.68. The molecule has 1 heterocycles. The predicted octanol–water partition coefficient (Wildman–Crippen LogP) is 1.51. The van der Waals surface area contributed by atoms with Gasteiger partial charge in [0.25, 0.3) is 0 Å². The Hall–Kier alpha value is -1.91. The highest BCUT2D eigenvalue weighted by Gasteiger charge is 2.14. The maximum Gasteiger partial charge on any atom is 0.321 e. The van der Waals surface area contributed by atoms with E-state index in [1.54, 1.807) is 32.3 Å². The molecule has 0 atom stereocenters. The van der Waals surface area contributed by atoms with Gasteiger partial charge >= 0.3 is 6.03 Å². The zero-order chi connectivity index (χ0) is 10.8. The normalized spacial score (nSPS) is 12.4. The number of nitrogens with zero attached hydrogens (tertiary/aromatic N) is 1. The molecule has 2 amide bonds. The first-order valence-electron chi connectivity index (χ1n) is 4.55. The van der Waals surface area contributed by atoms with Crippen LogP contribution in [0.2, 0.25) is 0 Å². The standard InChI is InChI=1S/C10H12N2O3/c1-12(2)10(13)11-7-3-4-8-9(5-7)15-6-14-8/h3-5H,6H2,1-2H3,(H,11,13). The van der Waals surface area contributed by atoms with Crippen LogP contribution in [-0.2, 0) is 0 Å². The van der Waals surface area contributed by atoms with Crippen LogP contribution in [0.1, 0.15) is 0 Å². The molecule has 0 spiro atoms. The van der Waals surface area contributed by atoms with Gasteiger partial charge in [-0.3, -0.25) is 0 Å². The van der Waals surface area contributed by atoms with Crippen molar-refractivity contribution in [1.29, 1.82) is 0 Å². The molecular formula is C10H12N2O3. The van der Waals surface area contributed by atoms with Crippen molar-refractivity contribution in [3.8, 4) is 11.5 Å². The lowest BCUT2D eigenvalue weighted by molar-refractivity contribution is 0.174. The van der Waals surface area contributed by atoms with Crippen molar-refractivity contribution in [2.24, 2.45) is 0 Å². The van der Waals surface area contributed by atoms with Crippen molar-refractivity contribution in [3.63, 3.8) is 0 Å². The van der Waals surface area contributed by atoms with Crippen molar-refractivity contribution in [2.45, 2.75) is 0 Å². The Morgan fingerprint density at radius 2 is 2.07 bits per heavy atom. The molecule has 80 valence electrons. The monoisotopic (exact) mass is 208 g/mol. The topological polar surface area (TPSA) is 50.8 Å². The largest absolute Gasteiger partial charge is 0.454 e. The second-order valence-electron chi connectivity index (χ2n) is 3.39. The molecule has 1 aliphatic heterocycles. The number of carbonyl (C=O) groups is 1. The summed E-state index contributed by atoms with van der Waals surface area (Å²) in [6, 6.07) is 5.11. The third kappa shape index (κ3) is 1.96. The van der Waals surface area contributed by atoms with Gasteiger partial charge in [0, 0.05) is 25.8 Å². The average molecular weight is 208 g/mol. The van der Waals surface area contributed by atoms with E-state index in [-0.39, 0.29) is 12.8 Å². The van der Waals surface area contributed by atoms with Gasteiger partial charge in [0.05, 0.1) is 0 Å². The molecule has 1 aliphatic rings. The van der Waals surface area contributed by atoms with Gasteiger partial charge in [-0.2, -0.15) is 0 Å². The smallest absolute Gasteiger partial charge is 0.321 e. The molecule has 0 fully saturated rings. The Morgan fingerprint density at radius 3 is 2.80 bits per heavy atom. The first-order chi connectivity index (χ1) is 7.16. The van der Waals surface area contributed by atoms with Gasteiger partial charge in [-0.05, 0) is 12.1 Å². The van der Waals surface area contributed by atoms with E-state index in [1.165, 1.54) is 4.90 Å². The van der Waals surface area contributed by atoms with E-state index in [9.17, 15) is 4.79 Å². The quantitative estimate of drug-likeness (QED) is 0.761. The molecule has 2 rings (SSSR count). The minimum atomic E-state index is -0.172. The molecule has 0 saturated carbocycles. The number of anilines is 1. The van der Waals surface area contributed by atoms with Crippen LogP contribution in [0.15, 0.2) is 18.2 Å². The number of hydrogen-bond donors (Lipinski definition) is 1. The highest BCUT2D eigenvalue weighted by atomic mass is 16.7. The molecule has 1 aromatic carbocycles. The molecule has 1 aromatic rings. The lowest BCUT2D eigenvalue weighted by atomic mass is 10.3. The third-order valence-electron chi connectivity index (χ3n) is 2.03. The van der Waals surface area contributed by atoms with E-state index in [0.29, 0.717) is 17.2 Å². The summed E-state index contributed by atoms with van der Waals surface area (Å²) < 4.78 is 10.4. The second-order valence-corrected chi connectivity index (χ2v) is 3.39. The Bertz CT molecular complexity index is 390. The molecule has 0 aliphatic carbocycles. The maximum atomic E-state index is 11.4. The van der Waals surface area contributed by atoms with E-state index < -0.39 is 0 Å². The number of fused-ring (bicyclic) bond motifs is 1. The Kier molecular flexibility index (Phi) is 2.37. The van der Waals surface area contributed by atoms with Gasteiger partial charge in [0.15, 0.2) is 11.5 Å². The number of urea groups is 1. The zero-order valence-electron chi connectivity index (χ0n) is 8.61. The minimum absolute atomic E-state index is 0.172. The van der Waals surface area contributed by atoms with Crippen LogP contribution in [0.3, 0.4) is 0 Å². The Balaban J connectivity index is 2.13. The maximum absolute atomic E-state index is 11.4. The summed E-state index contributed by atoms with van der Waals surface area (Å²) in [6.45, 7) is 0.237. The van der Waals surface area contributed by atoms with Crippen molar-refractivity contribution in [3.05, 3.63) is 18.2 Å². The molecule has 0 unspecified atom stereocenters. The lowest BCUT2D eigenvalue weighted by Crippen LogP contribution is -2.27. The molecule has 0 bridgehead atoms. The molecule has 15 heavy (non-hydrogen) atoms. The van der Waals surface area contributed by atoms with E-state index >= 15 is 0 Å². The summed E-state index contributed by atoms with van der Waals surface area (Å²) >= 11 is 0. The van der Waals surface area contributed by atoms with Gasteiger partial charge in [0.2, 0.25) is 6.79 Å². The van der Waals surface area contributed by atoms with Crippen molar-refractivity contribution in [2.75, 3.05) is 26.2 Å². The SMILES string of the molecule is CN(C)C(=O)Nc1ccc2c(c1)OCO2. The number of hydrogen-bond acceptors (Lipinski definition) is 3. The summed E-state index contributed by atoms with van der Waals surface area (Å²) in [7, 11) is 3.37. The molecule has 0 radical (unpaired) electrons. The number of benzene rings is 1. The van der Waals surface area contributed by atoms with Crippen LogP contribution >= 0.6 is 0 Å². The fraction of sp³-hybridized carbons (Fsp3) is 0.300. The van der Waals surface area contributed by atoms with Gasteiger partial charge < -0.3 is 19.7 Å². The van der Waals surface area contributed by atoms with Crippen LogP contribution in [-0.4, -0.2) is 31.8 Å². The molecule has 1 N–H and O–H groups in total. The summed E-state index contributed by atoms with van der Waals surface area (Å²) in [5.41, 5.74) is 0.693. The molecule has 5 nitrogen and oxygen atoms in total. The molecule has 0 saturated heterocycles. The first kappa shape index (κ1) is 9.64. The van der Waals surface area contributed by atoms with Gasteiger partial charge in [0.1, 0.15) is 0 Å². The van der Waals surface area contributed by atoms with E-state index in [1.807, 2.05) is 0 Å². The summed E-state index contributed by atoms with van der Waals surface area (Å²) in [4.78, 5) is 12.8. The van der Waals surface area contributed by atoms with Crippen molar-refractivity contribution in [1.82, 2.24) is 4.90 Å².